The molecule has 0 aliphatic heterocycles. The van der Waals surface area contributed by atoms with Gasteiger partial charge in [-0.1, -0.05) is 45.9 Å². The zero-order valence-corrected chi connectivity index (χ0v) is 13.9. The summed E-state index contributed by atoms with van der Waals surface area (Å²) < 4.78 is 10.5. The van der Waals surface area contributed by atoms with E-state index >= 15 is 0 Å². The predicted octanol–water partition coefficient (Wildman–Crippen LogP) is 4.08. The first kappa shape index (κ1) is 18.2. The second-order valence-corrected chi connectivity index (χ2v) is 6.10. The molecule has 0 radical (unpaired) electrons. The van der Waals surface area contributed by atoms with E-state index in [1.165, 1.54) is 0 Å². The molecule has 0 saturated carbocycles. The highest BCUT2D eigenvalue weighted by Gasteiger charge is 2.12. The van der Waals surface area contributed by atoms with Crippen molar-refractivity contribution in [1.82, 2.24) is 0 Å². The summed E-state index contributed by atoms with van der Waals surface area (Å²) in [7, 11) is 0. The maximum atomic E-state index is 11.9. The molecule has 0 saturated heterocycles. The van der Waals surface area contributed by atoms with E-state index in [2.05, 4.69) is 13.8 Å². The number of esters is 2. The van der Waals surface area contributed by atoms with Gasteiger partial charge in [0, 0.05) is 12.8 Å². The normalized spacial score (nSPS) is 10.8. The van der Waals surface area contributed by atoms with Gasteiger partial charge in [0.05, 0.1) is 6.61 Å². The number of hydrogen-bond acceptors (Lipinski definition) is 4. The Morgan fingerprint density at radius 2 is 1.64 bits per heavy atom. The van der Waals surface area contributed by atoms with Gasteiger partial charge in [0.2, 0.25) is 0 Å². The Labute approximate surface area is 132 Å². The first-order chi connectivity index (χ1) is 10.4. The Bertz CT molecular complexity index is 492. The molecule has 0 amide bonds. The Hall–Kier alpha value is -1.84. The highest BCUT2D eigenvalue weighted by atomic mass is 16.5. The van der Waals surface area contributed by atoms with Crippen LogP contribution in [0.25, 0.3) is 0 Å². The molecule has 0 fully saturated rings. The number of hydrogen-bond donors (Lipinski definition) is 0. The van der Waals surface area contributed by atoms with Crippen LogP contribution in [0.15, 0.2) is 24.3 Å². The van der Waals surface area contributed by atoms with Crippen molar-refractivity contribution >= 4 is 11.9 Å². The topological polar surface area (TPSA) is 52.6 Å². The van der Waals surface area contributed by atoms with E-state index in [9.17, 15) is 9.59 Å². The summed E-state index contributed by atoms with van der Waals surface area (Å²) in [4.78, 5) is 23.3. The van der Waals surface area contributed by atoms with Crippen molar-refractivity contribution in [3.05, 3.63) is 29.8 Å². The van der Waals surface area contributed by atoms with Crippen molar-refractivity contribution in [3.63, 3.8) is 0 Å². The van der Waals surface area contributed by atoms with E-state index < -0.39 is 0 Å². The Morgan fingerprint density at radius 1 is 1.00 bits per heavy atom. The average molecular weight is 306 g/mol. The van der Waals surface area contributed by atoms with Crippen molar-refractivity contribution in [1.29, 1.82) is 0 Å². The number of rotatable bonds is 8. The summed E-state index contributed by atoms with van der Waals surface area (Å²) in [6.45, 7) is 8.49. The highest BCUT2D eigenvalue weighted by molar-refractivity contribution is 5.74. The minimum atomic E-state index is -0.315. The monoisotopic (exact) mass is 306 g/mol. The molecule has 1 rings (SSSR count). The van der Waals surface area contributed by atoms with Crippen LogP contribution in [-0.2, 0) is 14.3 Å². The van der Waals surface area contributed by atoms with Crippen molar-refractivity contribution in [3.8, 4) is 5.75 Å². The van der Waals surface area contributed by atoms with Crippen molar-refractivity contribution in [2.75, 3.05) is 6.61 Å². The molecule has 0 heterocycles. The molecule has 0 aliphatic rings. The molecule has 0 bridgehead atoms. The van der Waals surface area contributed by atoms with Gasteiger partial charge in [-0.2, -0.15) is 0 Å². The van der Waals surface area contributed by atoms with E-state index in [1.54, 1.807) is 6.07 Å². The summed E-state index contributed by atoms with van der Waals surface area (Å²) >= 11 is 0. The fraction of sp³-hybridized carbons (Fsp3) is 0.556. The first-order valence-corrected chi connectivity index (χ1v) is 7.85. The lowest BCUT2D eigenvalue weighted by Gasteiger charge is -2.12. The Balaban J connectivity index is 2.37. The van der Waals surface area contributed by atoms with Crippen molar-refractivity contribution in [2.24, 2.45) is 5.92 Å². The molecule has 0 aromatic heterocycles. The molecule has 0 N–H and O–H groups in total. The molecular formula is C18H26O4. The van der Waals surface area contributed by atoms with Crippen LogP contribution >= 0.6 is 0 Å². The Morgan fingerprint density at radius 3 is 2.27 bits per heavy atom. The predicted molar refractivity (Wildman–Crippen MR) is 85.8 cm³/mol. The lowest BCUT2D eigenvalue weighted by Crippen LogP contribution is -2.12. The average Bonchev–Trinajstić information content (AvgIpc) is 2.45. The van der Waals surface area contributed by atoms with E-state index in [-0.39, 0.29) is 30.7 Å². The van der Waals surface area contributed by atoms with Gasteiger partial charge in [-0.25, -0.2) is 0 Å². The second kappa shape index (κ2) is 9.23. The molecule has 4 nitrogen and oxygen atoms in total. The van der Waals surface area contributed by atoms with Crippen LogP contribution in [0.3, 0.4) is 0 Å². The second-order valence-electron chi connectivity index (χ2n) is 6.10. The third-order valence-corrected chi connectivity index (χ3v) is 3.10. The molecule has 0 unspecified atom stereocenters. The van der Waals surface area contributed by atoms with Gasteiger partial charge in [-0.05, 0) is 29.9 Å². The number of ether oxygens (including phenoxy) is 2. The lowest BCUT2D eigenvalue weighted by atomic mass is 10.0. The standard InChI is InChI=1S/C18H26O4/c1-13(2)12-21-17(19)10-7-11-18(20)22-16-9-6-5-8-15(16)14(3)4/h5-6,8-9,13-14H,7,10-12H2,1-4H3. The van der Waals surface area contributed by atoms with Crippen LogP contribution in [0, 0.1) is 5.92 Å². The molecule has 0 spiro atoms. The molecule has 0 aliphatic carbocycles. The lowest BCUT2D eigenvalue weighted by molar-refractivity contribution is -0.145. The van der Waals surface area contributed by atoms with Gasteiger partial charge in [-0.15, -0.1) is 0 Å². The maximum Gasteiger partial charge on any atom is 0.311 e. The third-order valence-electron chi connectivity index (χ3n) is 3.10. The SMILES string of the molecule is CC(C)COC(=O)CCCC(=O)Oc1ccccc1C(C)C. The zero-order valence-electron chi connectivity index (χ0n) is 13.9. The van der Waals surface area contributed by atoms with Crippen LogP contribution in [0.4, 0.5) is 0 Å². The van der Waals surface area contributed by atoms with Gasteiger partial charge >= 0.3 is 11.9 Å². The number of benzene rings is 1. The molecule has 1 aromatic carbocycles. The summed E-state index contributed by atoms with van der Waals surface area (Å²) in [6, 6.07) is 7.52. The van der Waals surface area contributed by atoms with Gasteiger partial charge in [0.25, 0.3) is 0 Å². The minimum absolute atomic E-state index is 0.212. The third kappa shape index (κ3) is 6.74. The fourth-order valence-electron chi connectivity index (χ4n) is 1.93. The Kier molecular flexibility index (Phi) is 7.64. The van der Waals surface area contributed by atoms with Gasteiger partial charge < -0.3 is 9.47 Å². The largest absolute Gasteiger partial charge is 0.465 e. The van der Waals surface area contributed by atoms with Crippen molar-refractivity contribution < 1.29 is 19.1 Å². The molecule has 1 aromatic rings. The van der Waals surface area contributed by atoms with E-state index in [0.717, 1.165) is 5.56 Å². The number of para-hydroxylation sites is 1. The molecule has 22 heavy (non-hydrogen) atoms. The van der Waals surface area contributed by atoms with Crippen LogP contribution in [0.2, 0.25) is 0 Å². The van der Waals surface area contributed by atoms with Gasteiger partial charge in [-0.3, -0.25) is 9.59 Å². The van der Waals surface area contributed by atoms with E-state index in [0.29, 0.717) is 24.7 Å². The van der Waals surface area contributed by atoms with E-state index in [1.807, 2.05) is 32.0 Å². The van der Waals surface area contributed by atoms with E-state index in [4.69, 9.17) is 9.47 Å². The fourth-order valence-corrected chi connectivity index (χ4v) is 1.93. The van der Waals surface area contributed by atoms with Gasteiger partial charge in [0.1, 0.15) is 5.75 Å². The maximum absolute atomic E-state index is 11.9. The van der Waals surface area contributed by atoms with Crippen LogP contribution in [-0.4, -0.2) is 18.5 Å². The number of carbonyl (C=O) groups is 2. The molecular weight excluding hydrogens is 280 g/mol. The first-order valence-electron chi connectivity index (χ1n) is 7.85. The summed E-state index contributed by atoms with van der Waals surface area (Å²) in [5.74, 6) is 0.634. The van der Waals surface area contributed by atoms with Gasteiger partial charge in [0.15, 0.2) is 0 Å². The summed E-state index contributed by atoms with van der Waals surface area (Å²) in [5.41, 5.74) is 1.01. The molecule has 0 atom stereocenters. The summed E-state index contributed by atoms with van der Waals surface area (Å²) in [5, 5.41) is 0. The highest BCUT2D eigenvalue weighted by Crippen LogP contribution is 2.26. The van der Waals surface area contributed by atoms with Crippen LogP contribution in [0.5, 0.6) is 5.75 Å². The summed E-state index contributed by atoms with van der Waals surface area (Å²) in [6.07, 6.45) is 0.899. The smallest absolute Gasteiger partial charge is 0.311 e. The van der Waals surface area contributed by atoms with Crippen LogP contribution < -0.4 is 4.74 Å². The minimum Gasteiger partial charge on any atom is -0.465 e. The van der Waals surface area contributed by atoms with Crippen LogP contribution in [0.1, 0.15) is 58.4 Å². The zero-order chi connectivity index (χ0) is 16.5. The molecule has 4 heteroatoms. The van der Waals surface area contributed by atoms with Crippen molar-refractivity contribution in [2.45, 2.75) is 52.9 Å². The number of carbonyl (C=O) groups excluding carboxylic acids is 2. The quantitative estimate of drug-likeness (QED) is 0.536. The molecule has 122 valence electrons.